The maximum atomic E-state index is 14.2. The summed E-state index contributed by atoms with van der Waals surface area (Å²) in [7, 11) is 1.71. The number of nitrogens with zero attached hydrogens (tertiary/aromatic N) is 3. The lowest BCUT2D eigenvalue weighted by atomic mass is 9.97. The molecule has 1 aromatic heterocycles. The second-order valence-corrected chi connectivity index (χ2v) is 8.48. The number of carboxylic acid groups (broad SMARTS) is 1. The number of nitrogens with two attached hydrogens (primary N) is 1. The fraction of sp³-hybridized carbons (Fsp3) is 0.167. The smallest absolute Gasteiger partial charge is 0.335 e. The lowest BCUT2D eigenvalue weighted by Crippen LogP contribution is -2.46. The van der Waals surface area contributed by atoms with Crippen molar-refractivity contribution in [1.82, 2.24) is 14.7 Å². The van der Waals surface area contributed by atoms with Crippen LogP contribution in [0.1, 0.15) is 27.7 Å². The van der Waals surface area contributed by atoms with E-state index in [1.54, 1.807) is 17.9 Å². The summed E-state index contributed by atoms with van der Waals surface area (Å²) in [5, 5.41) is 18.7. The van der Waals surface area contributed by atoms with Crippen molar-refractivity contribution in [2.24, 2.45) is 12.8 Å². The van der Waals surface area contributed by atoms with Crippen molar-refractivity contribution in [2.75, 3.05) is 17.2 Å². The summed E-state index contributed by atoms with van der Waals surface area (Å²) in [5.41, 5.74) is 7.44. The highest BCUT2D eigenvalue weighted by atomic mass is 35.5. The van der Waals surface area contributed by atoms with E-state index in [2.05, 4.69) is 15.7 Å². The van der Waals surface area contributed by atoms with Crippen molar-refractivity contribution in [3.05, 3.63) is 88.2 Å². The maximum Gasteiger partial charge on any atom is 0.335 e. The zero-order valence-electron chi connectivity index (χ0n) is 19.0. The van der Waals surface area contributed by atoms with E-state index < -0.39 is 29.6 Å². The second kappa shape index (κ2) is 10.1. The number of hydrogen-bond donors (Lipinski definition) is 4. The van der Waals surface area contributed by atoms with Gasteiger partial charge in [-0.15, -0.1) is 0 Å². The standard InChI is InChI=1S/C24H22ClFN6O4/c1-31-12-15-18(30-31)9-10-32(21(15)22(33)29-14-7-5-13(6-8-14)24(35)36)23(34)17(27)11-28-19-4-2-3-16(25)20(19)26/h2-8,11-12,21,28H,9-10,27H2,1H3,(H,29,33)(H,35,36)/b17-11-. The maximum absolute atomic E-state index is 14.2. The van der Waals surface area contributed by atoms with E-state index in [1.165, 1.54) is 47.4 Å². The molecule has 1 aliphatic heterocycles. The third-order valence-electron chi connectivity index (χ3n) is 5.62. The Morgan fingerprint density at radius 2 is 1.94 bits per heavy atom. The summed E-state index contributed by atoms with van der Waals surface area (Å²) in [6.45, 7) is 0.166. The second-order valence-electron chi connectivity index (χ2n) is 8.07. The Morgan fingerprint density at radius 3 is 2.64 bits per heavy atom. The van der Waals surface area contributed by atoms with Gasteiger partial charge < -0.3 is 26.4 Å². The Balaban J connectivity index is 1.59. The summed E-state index contributed by atoms with van der Waals surface area (Å²) in [6, 6.07) is 8.94. The predicted octanol–water partition coefficient (Wildman–Crippen LogP) is 2.89. The number of halogens is 2. The molecule has 0 saturated heterocycles. The van der Waals surface area contributed by atoms with Crippen LogP contribution in [0.3, 0.4) is 0 Å². The molecule has 1 unspecified atom stereocenters. The molecule has 1 aliphatic rings. The van der Waals surface area contributed by atoms with Crippen molar-refractivity contribution >= 4 is 40.8 Å². The van der Waals surface area contributed by atoms with Crippen LogP contribution in [-0.2, 0) is 23.1 Å². The van der Waals surface area contributed by atoms with Crippen LogP contribution < -0.4 is 16.4 Å². The third-order valence-corrected chi connectivity index (χ3v) is 5.92. The van der Waals surface area contributed by atoms with Crippen molar-refractivity contribution in [2.45, 2.75) is 12.5 Å². The van der Waals surface area contributed by atoms with E-state index >= 15 is 0 Å². The number of aromatic carboxylic acids is 1. The third kappa shape index (κ3) is 5.01. The van der Waals surface area contributed by atoms with E-state index in [0.717, 1.165) is 6.20 Å². The molecule has 0 spiro atoms. The van der Waals surface area contributed by atoms with Crippen molar-refractivity contribution in [3.63, 3.8) is 0 Å². The molecule has 4 rings (SSSR count). The number of carbonyl (C=O) groups is 3. The van der Waals surface area contributed by atoms with Crippen LogP contribution in [0.5, 0.6) is 0 Å². The van der Waals surface area contributed by atoms with E-state index in [1.807, 2.05) is 0 Å². The average molecular weight is 513 g/mol. The fourth-order valence-corrected chi connectivity index (χ4v) is 4.08. The van der Waals surface area contributed by atoms with Gasteiger partial charge in [-0.1, -0.05) is 17.7 Å². The first-order valence-electron chi connectivity index (χ1n) is 10.8. The Morgan fingerprint density at radius 1 is 1.22 bits per heavy atom. The van der Waals surface area contributed by atoms with Crippen molar-refractivity contribution in [3.8, 4) is 0 Å². The minimum Gasteiger partial charge on any atom is -0.478 e. The Hall–Kier alpha value is -4.38. The Bertz CT molecular complexity index is 1370. The monoisotopic (exact) mass is 512 g/mol. The van der Waals surface area contributed by atoms with Crippen molar-refractivity contribution in [1.29, 1.82) is 0 Å². The molecule has 0 fully saturated rings. The van der Waals surface area contributed by atoms with Crippen LogP contribution in [0.2, 0.25) is 5.02 Å². The molecule has 186 valence electrons. The fourth-order valence-electron chi connectivity index (χ4n) is 3.91. The number of rotatable bonds is 6. The lowest BCUT2D eigenvalue weighted by molar-refractivity contribution is -0.136. The molecule has 12 heteroatoms. The van der Waals surface area contributed by atoms with Gasteiger partial charge in [0.25, 0.3) is 11.8 Å². The lowest BCUT2D eigenvalue weighted by Gasteiger charge is -2.34. The molecule has 0 saturated carbocycles. The highest BCUT2D eigenvalue weighted by Crippen LogP contribution is 2.31. The van der Waals surface area contributed by atoms with Gasteiger partial charge in [-0.05, 0) is 36.4 Å². The summed E-state index contributed by atoms with van der Waals surface area (Å²) in [4.78, 5) is 39.0. The van der Waals surface area contributed by atoms with Crippen LogP contribution >= 0.6 is 11.6 Å². The van der Waals surface area contributed by atoms with Gasteiger partial charge >= 0.3 is 5.97 Å². The number of aromatic nitrogens is 2. The highest BCUT2D eigenvalue weighted by Gasteiger charge is 2.38. The summed E-state index contributed by atoms with van der Waals surface area (Å²) in [6.07, 6.45) is 3.21. The zero-order valence-corrected chi connectivity index (χ0v) is 19.8. The number of anilines is 2. The van der Waals surface area contributed by atoms with Gasteiger partial charge in [-0.2, -0.15) is 5.10 Å². The minimum atomic E-state index is -1.09. The average Bonchev–Trinajstić information content (AvgIpc) is 3.24. The van der Waals surface area contributed by atoms with Crippen LogP contribution in [0.25, 0.3) is 0 Å². The van der Waals surface area contributed by atoms with E-state index in [4.69, 9.17) is 22.4 Å². The summed E-state index contributed by atoms with van der Waals surface area (Å²) < 4.78 is 15.7. The topological polar surface area (TPSA) is 143 Å². The Labute approximate surface area is 210 Å². The number of hydrogen-bond acceptors (Lipinski definition) is 6. The number of benzene rings is 2. The Kier molecular flexibility index (Phi) is 6.93. The van der Waals surface area contributed by atoms with Crippen molar-refractivity contribution < 1.29 is 23.9 Å². The molecule has 2 heterocycles. The summed E-state index contributed by atoms with van der Waals surface area (Å²) in [5.74, 6) is -2.95. The molecule has 0 radical (unpaired) electrons. The largest absolute Gasteiger partial charge is 0.478 e. The number of carbonyl (C=O) groups excluding carboxylic acids is 2. The first-order valence-corrected chi connectivity index (χ1v) is 11.2. The SMILES string of the molecule is Cn1cc2c(n1)CCN(C(=O)/C(N)=C/Nc1cccc(Cl)c1F)C2C(=O)Nc1ccc(C(=O)O)cc1. The van der Waals surface area contributed by atoms with Crippen LogP contribution in [0.15, 0.2) is 60.6 Å². The minimum absolute atomic E-state index is 0.0329. The molecule has 5 N–H and O–H groups in total. The van der Waals surface area contributed by atoms with Gasteiger partial charge in [0, 0.05) is 43.7 Å². The van der Waals surface area contributed by atoms with Gasteiger partial charge in [0.15, 0.2) is 5.82 Å². The van der Waals surface area contributed by atoms with E-state index in [9.17, 15) is 18.8 Å². The van der Waals surface area contributed by atoms with Gasteiger partial charge in [0.05, 0.1) is 22.0 Å². The van der Waals surface area contributed by atoms with Gasteiger partial charge in [0.2, 0.25) is 0 Å². The zero-order chi connectivity index (χ0) is 26.0. The van der Waals surface area contributed by atoms with E-state index in [0.29, 0.717) is 23.4 Å². The number of aryl methyl sites for hydroxylation is 1. The number of nitrogens with one attached hydrogen (secondary N) is 2. The number of amides is 2. The first kappa shape index (κ1) is 24.7. The molecule has 0 aliphatic carbocycles. The van der Waals surface area contributed by atoms with E-state index in [-0.39, 0.29) is 28.5 Å². The molecular formula is C24H22ClFN6O4. The normalized spacial score (nSPS) is 15.2. The van der Waals surface area contributed by atoms with Gasteiger partial charge in [0.1, 0.15) is 11.7 Å². The molecule has 2 aromatic carbocycles. The molecule has 1 atom stereocenters. The molecule has 3 aromatic rings. The number of carboxylic acids is 1. The number of fused-ring (bicyclic) bond motifs is 1. The molecule has 36 heavy (non-hydrogen) atoms. The summed E-state index contributed by atoms with van der Waals surface area (Å²) >= 11 is 5.78. The molecule has 0 bridgehead atoms. The van der Waals surface area contributed by atoms with Crippen LogP contribution in [0.4, 0.5) is 15.8 Å². The van der Waals surface area contributed by atoms with Gasteiger partial charge in [-0.3, -0.25) is 14.3 Å². The molecule has 2 amide bonds. The first-order chi connectivity index (χ1) is 17.2. The predicted molar refractivity (Wildman–Crippen MR) is 131 cm³/mol. The van der Waals surface area contributed by atoms with Crippen LogP contribution in [-0.4, -0.2) is 44.1 Å². The van der Waals surface area contributed by atoms with Crippen LogP contribution in [0, 0.1) is 5.82 Å². The van der Waals surface area contributed by atoms with Gasteiger partial charge in [-0.25, -0.2) is 9.18 Å². The quantitative estimate of drug-likeness (QED) is 0.372. The highest BCUT2D eigenvalue weighted by molar-refractivity contribution is 6.31. The molecular weight excluding hydrogens is 491 g/mol. The molecule has 10 nitrogen and oxygen atoms in total.